The molecule has 11 nitrogen and oxygen atoms in total. The van der Waals surface area contributed by atoms with Crippen LogP contribution in [0.5, 0.6) is 0 Å². The summed E-state index contributed by atoms with van der Waals surface area (Å²) in [5.74, 6) is 0.853. The van der Waals surface area contributed by atoms with E-state index in [-0.39, 0.29) is 9.79 Å². The van der Waals surface area contributed by atoms with Gasteiger partial charge in [0.05, 0.1) is 23.0 Å². The topological polar surface area (TPSA) is 143 Å². The molecule has 0 spiro atoms. The van der Waals surface area contributed by atoms with Crippen LogP contribution in [0, 0.1) is 0 Å². The SMILES string of the molecule is CNS(=O)(=O)c1cccc(Nc2cc(Nc3cccc(S(=O)(=O)N4CCOCC4)c3)ncn2)c1. The van der Waals surface area contributed by atoms with Crippen LogP contribution in [0.4, 0.5) is 23.0 Å². The predicted molar refractivity (Wildman–Crippen MR) is 127 cm³/mol. The third kappa shape index (κ3) is 5.51. The number of hydrogen-bond acceptors (Lipinski definition) is 9. The Labute approximate surface area is 198 Å². The first kappa shape index (κ1) is 24.0. The minimum Gasteiger partial charge on any atom is -0.379 e. The summed E-state index contributed by atoms with van der Waals surface area (Å²) in [6.45, 7) is 1.38. The van der Waals surface area contributed by atoms with Gasteiger partial charge >= 0.3 is 0 Å². The molecule has 0 radical (unpaired) electrons. The summed E-state index contributed by atoms with van der Waals surface area (Å²) in [7, 11) is -5.86. The van der Waals surface area contributed by atoms with Crippen LogP contribution in [-0.2, 0) is 24.8 Å². The molecule has 2 heterocycles. The van der Waals surface area contributed by atoms with Crippen LogP contribution in [0.15, 0.2) is 70.7 Å². The van der Waals surface area contributed by atoms with Crippen molar-refractivity contribution in [1.82, 2.24) is 19.0 Å². The van der Waals surface area contributed by atoms with E-state index in [9.17, 15) is 16.8 Å². The molecule has 0 amide bonds. The zero-order valence-electron chi connectivity index (χ0n) is 18.3. The molecule has 1 aliphatic rings. The molecule has 1 saturated heterocycles. The second-order valence-electron chi connectivity index (χ2n) is 7.32. The maximum absolute atomic E-state index is 12.9. The Hall–Kier alpha value is -3.10. The summed E-state index contributed by atoms with van der Waals surface area (Å²) < 4.78 is 58.9. The molecule has 13 heteroatoms. The van der Waals surface area contributed by atoms with Crippen molar-refractivity contribution in [3.63, 3.8) is 0 Å². The monoisotopic (exact) mass is 504 g/mol. The van der Waals surface area contributed by atoms with Crippen LogP contribution < -0.4 is 15.4 Å². The Kier molecular flexibility index (Phi) is 7.09. The quantitative estimate of drug-likeness (QED) is 0.419. The number of aromatic nitrogens is 2. The Morgan fingerprint density at radius 3 is 1.97 bits per heavy atom. The average molecular weight is 505 g/mol. The first-order chi connectivity index (χ1) is 16.3. The second kappa shape index (κ2) is 10.0. The summed E-state index contributed by atoms with van der Waals surface area (Å²) in [5.41, 5.74) is 1.07. The van der Waals surface area contributed by atoms with Crippen molar-refractivity contribution in [2.24, 2.45) is 0 Å². The van der Waals surface area contributed by atoms with E-state index in [1.807, 2.05) is 0 Å². The number of morpholine rings is 1. The second-order valence-corrected chi connectivity index (χ2v) is 11.1. The van der Waals surface area contributed by atoms with E-state index in [4.69, 9.17) is 4.74 Å². The van der Waals surface area contributed by atoms with Crippen LogP contribution >= 0.6 is 0 Å². The van der Waals surface area contributed by atoms with Gasteiger partial charge in [-0.25, -0.2) is 31.5 Å². The van der Waals surface area contributed by atoms with E-state index < -0.39 is 20.0 Å². The lowest BCUT2D eigenvalue weighted by Crippen LogP contribution is -2.40. The third-order valence-electron chi connectivity index (χ3n) is 5.07. The van der Waals surface area contributed by atoms with Crippen molar-refractivity contribution < 1.29 is 21.6 Å². The molecule has 4 rings (SSSR count). The number of ether oxygens (including phenoxy) is 1. The molecule has 0 bridgehead atoms. The van der Waals surface area contributed by atoms with E-state index in [2.05, 4.69) is 25.3 Å². The first-order valence-electron chi connectivity index (χ1n) is 10.4. The number of hydrogen-bond donors (Lipinski definition) is 3. The fourth-order valence-corrected chi connectivity index (χ4v) is 5.55. The number of rotatable bonds is 8. The van der Waals surface area contributed by atoms with Gasteiger partial charge in [-0.2, -0.15) is 4.31 Å². The van der Waals surface area contributed by atoms with Gasteiger partial charge in [-0.3, -0.25) is 0 Å². The molecule has 3 N–H and O–H groups in total. The molecule has 0 atom stereocenters. The molecule has 3 aromatic rings. The standard InChI is InChI=1S/C21H24N6O5S2/c1-22-33(28,29)18-6-2-4-16(12-18)25-20-14-21(24-15-23-20)26-17-5-3-7-19(13-17)34(30,31)27-8-10-32-11-9-27/h2-7,12-15,22H,8-11H2,1H3,(H2,23,24,25,26). The number of nitrogens with zero attached hydrogens (tertiary/aromatic N) is 3. The summed E-state index contributed by atoms with van der Waals surface area (Å²) in [4.78, 5) is 8.64. The largest absolute Gasteiger partial charge is 0.379 e. The van der Waals surface area contributed by atoms with Gasteiger partial charge in [0, 0.05) is 30.5 Å². The summed E-state index contributed by atoms with van der Waals surface area (Å²) >= 11 is 0. The van der Waals surface area contributed by atoms with Crippen LogP contribution in [0.1, 0.15) is 0 Å². The molecule has 2 aromatic carbocycles. The van der Waals surface area contributed by atoms with Crippen molar-refractivity contribution in [2.45, 2.75) is 9.79 Å². The summed E-state index contributed by atoms with van der Waals surface area (Å²) in [6, 6.07) is 14.4. The zero-order chi connectivity index (χ0) is 24.2. The highest BCUT2D eigenvalue weighted by atomic mass is 32.2. The highest BCUT2D eigenvalue weighted by molar-refractivity contribution is 7.89. The van der Waals surface area contributed by atoms with Crippen LogP contribution in [0.2, 0.25) is 0 Å². The van der Waals surface area contributed by atoms with Gasteiger partial charge in [0.2, 0.25) is 20.0 Å². The number of anilines is 4. The van der Waals surface area contributed by atoms with E-state index >= 15 is 0 Å². The average Bonchev–Trinajstić information content (AvgIpc) is 2.85. The van der Waals surface area contributed by atoms with Gasteiger partial charge in [0.15, 0.2) is 0 Å². The van der Waals surface area contributed by atoms with Crippen molar-refractivity contribution in [3.05, 3.63) is 60.9 Å². The molecular formula is C21H24N6O5S2. The van der Waals surface area contributed by atoms with Crippen LogP contribution in [-0.4, -0.2) is 64.5 Å². The van der Waals surface area contributed by atoms with Gasteiger partial charge in [0.1, 0.15) is 18.0 Å². The Morgan fingerprint density at radius 2 is 1.38 bits per heavy atom. The number of benzene rings is 2. The fourth-order valence-electron chi connectivity index (χ4n) is 3.32. The van der Waals surface area contributed by atoms with Gasteiger partial charge in [-0.1, -0.05) is 12.1 Å². The van der Waals surface area contributed by atoms with Crippen molar-refractivity contribution in [1.29, 1.82) is 0 Å². The maximum atomic E-state index is 12.9. The molecule has 0 saturated carbocycles. The molecule has 0 aliphatic carbocycles. The number of nitrogens with one attached hydrogen (secondary N) is 3. The highest BCUT2D eigenvalue weighted by Crippen LogP contribution is 2.24. The molecule has 1 fully saturated rings. The van der Waals surface area contributed by atoms with Crippen LogP contribution in [0.25, 0.3) is 0 Å². The van der Waals surface area contributed by atoms with Gasteiger partial charge in [0.25, 0.3) is 0 Å². The molecular weight excluding hydrogens is 480 g/mol. The molecule has 1 aliphatic heterocycles. The molecule has 34 heavy (non-hydrogen) atoms. The van der Waals surface area contributed by atoms with Gasteiger partial charge < -0.3 is 15.4 Å². The normalized spacial score (nSPS) is 15.1. The van der Waals surface area contributed by atoms with E-state index in [0.717, 1.165) is 0 Å². The smallest absolute Gasteiger partial charge is 0.243 e. The van der Waals surface area contributed by atoms with Crippen molar-refractivity contribution >= 4 is 43.1 Å². The van der Waals surface area contributed by atoms with E-state index in [1.54, 1.807) is 42.5 Å². The minimum absolute atomic E-state index is 0.116. The van der Waals surface area contributed by atoms with E-state index in [1.165, 1.54) is 29.8 Å². The zero-order valence-corrected chi connectivity index (χ0v) is 19.9. The first-order valence-corrected chi connectivity index (χ1v) is 13.3. The van der Waals surface area contributed by atoms with Gasteiger partial charge in [-0.05, 0) is 43.4 Å². The number of sulfonamides is 2. The van der Waals surface area contributed by atoms with Crippen molar-refractivity contribution in [3.8, 4) is 0 Å². The lowest BCUT2D eigenvalue weighted by Gasteiger charge is -2.26. The molecule has 1 aromatic heterocycles. The van der Waals surface area contributed by atoms with Gasteiger partial charge in [-0.15, -0.1) is 0 Å². The molecule has 180 valence electrons. The third-order valence-corrected chi connectivity index (χ3v) is 8.37. The summed E-state index contributed by atoms with van der Waals surface area (Å²) in [5, 5.41) is 6.13. The summed E-state index contributed by atoms with van der Waals surface area (Å²) in [6.07, 6.45) is 1.34. The van der Waals surface area contributed by atoms with Crippen molar-refractivity contribution in [2.75, 3.05) is 44.0 Å². The Balaban J connectivity index is 1.51. The Bertz CT molecular complexity index is 1380. The molecule has 0 unspecified atom stereocenters. The lowest BCUT2D eigenvalue weighted by molar-refractivity contribution is 0.0730. The highest BCUT2D eigenvalue weighted by Gasteiger charge is 2.26. The Morgan fingerprint density at radius 1 is 0.824 bits per heavy atom. The predicted octanol–water partition coefficient (Wildman–Crippen LogP) is 1.89. The fraction of sp³-hybridized carbons (Fsp3) is 0.238. The van der Waals surface area contributed by atoms with Crippen LogP contribution in [0.3, 0.4) is 0 Å². The lowest BCUT2D eigenvalue weighted by atomic mass is 10.3. The minimum atomic E-state index is -3.63. The van der Waals surface area contributed by atoms with E-state index in [0.29, 0.717) is 49.3 Å². The maximum Gasteiger partial charge on any atom is 0.243 e.